The molecule has 0 saturated carbocycles. The Morgan fingerprint density at radius 3 is 0.781 bits per heavy atom. The molecule has 0 amide bonds. The van der Waals surface area contributed by atoms with Crippen LogP contribution in [0.1, 0.15) is 166 Å². The highest BCUT2D eigenvalue weighted by molar-refractivity contribution is 6.25. The van der Waals surface area contributed by atoms with Crippen LogP contribution in [0.3, 0.4) is 0 Å². The van der Waals surface area contributed by atoms with Gasteiger partial charge < -0.3 is 0 Å². The molecule has 0 aliphatic carbocycles. The van der Waals surface area contributed by atoms with Crippen molar-refractivity contribution in [1.82, 2.24) is 0 Å². The minimum absolute atomic E-state index is 1.33. The molecule has 0 atom stereocenters. The zero-order valence-corrected chi connectivity index (χ0v) is 63.9. The third-order valence-corrected chi connectivity index (χ3v) is 16.6. The van der Waals surface area contributed by atoms with E-state index in [0.717, 1.165) is 0 Å². The van der Waals surface area contributed by atoms with Crippen LogP contribution in [-0.2, 0) is 0 Å². The van der Waals surface area contributed by atoms with E-state index in [1.165, 1.54) is 174 Å². The van der Waals surface area contributed by atoms with E-state index in [-0.39, 0.29) is 0 Å². The third-order valence-electron chi connectivity index (χ3n) is 16.6. The van der Waals surface area contributed by atoms with E-state index in [4.69, 9.17) is 0 Å². The summed E-state index contributed by atoms with van der Waals surface area (Å²) in [5.41, 5.74) is 13.4. The van der Waals surface area contributed by atoms with Crippen LogP contribution in [0, 0.1) is 69.2 Å². The summed E-state index contributed by atoms with van der Waals surface area (Å²) >= 11 is 0. The van der Waals surface area contributed by atoms with E-state index >= 15 is 0 Å². The lowest BCUT2D eigenvalue weighted by Crippen LogP contribution is -1.88. The SMILES string of the molecule is CC.CC.CC.CC.CC.CC.CC.CC.Cc1cc2c3ccccc3c(C)cc2c2ccccc12.Cc1cc2ccc3cc(C)cc4ccc(c1)c2c34.Cc1cc2cccc3c(C)cc4cccc1c4c23.Cc1ccc2c(C)cccc2c1.Cc1ccc2ccc(C)cc2c1. The number of fused-ring (bicyclic) bond motifs is 7. The van der Waals surface area contributed by atoms with Crippen LogP contribution in [-0.4, -0.2) is 0 Å². The van der Waals surface area contributed by atoms with Gasteiger partial charge in [0.1, 0.15) is 0 Å². The maximum atomic E-state index is 2.33. The Bertz CT molecular complexity index is 4640. The van der Waals surface area contributed by atoms with E-state index in [1.807, 2.05) is 111 Å². The quantitative estimate of drug-likeness (QED) is 0.133. The Kier molecular flexibility index (Phi) is 32.8. The first-order valence-electron chi connectivity index (χ1n) is 36.3. The fourth-order valence-electron chi connectivity index (χ4n) is 12.7. The van der Waals surface area contributed by atoms with Gasteiger partial charge in [-0.3, -0.25) is 0 Å². The minimum Gasteiger partial charge on any atom is -0.0683 e. The molecule has 96 heavy (non-hydrogen) atoms. The Labute approximate surface area is 581 Å². The summed E-state index contributed by atoms with van der Waals surface area (Å²) in [6, 6.07) is 84.1. The van der Waals surface area contributed by atoms with Crippen molar-refractivity contribution in [1.29, 1.82) is 0 Å². The van der Waals surface area contributed by atoms with Gasteiger partial charge in [-0.25, -0.2) is 0 Å². The molecule has 0 aliphatic heterocycles. The molecule has 0 nitrogen and oxygen atoms in total. The summed E-state index contributed by atoms with van der Waals surface area (Å²) in [7, 11) is 0. The van der Waals surface area contributed by atoms with E-state index in [2.05, 4.69) is 300 Å². The molecule has 16 aromatic carbocycles. The zero-order chi connectivity index (χ0) is 71.3. The Morgan fingerprint density at radius 1 is 0.135 bits per heavy atom. The predicted octanol–water partition coefficient (Wildman–Crippen LogP) is 31.3. The monoisotopic (exact) mass is 1270 g/mol. The second-order valence-corrected chi connectivity index (χ2v) is 22.7. The summed E-state index contributed by atoms with van der Waals surface area (Å²) < 4.78 is 0. The molecule has 500 valence electrons. The number of aryl methyl sites for hydroxylation is 10. The lowest BCUT2D eigenvalue weighted by atomic mass is 9.90. The van der Waals surface area contributed by atoms with Crippen molar-refractivity contribution in [2.24, 2.45) is 0 Å². The molecule has 16 rings (SSSR count). The molecule has 0 bridgehead atoms. The molecular weight excluding hydrogens is 1150 g/mol. The van der Waals surface area contributed by atoms with Gasteiger partial charge in [0.25, 0.3) is 0 Å². The topological polar surface area (TPSA) is 0 Å². The van der Waals surface area contributed by atoms with Crippen molar-refractivity contribution in [3.63, 3.8) is 0 Å². The van der Waals surface area contributed by atoms with Crippen LogP contribution in [0.2, 0.25) is 0 Å². The second kappa shape index (κ2) is 39.7. The van der Waals surface area contributed by atoms with E-state index in [9.17, 15) is 0 Å². The van der Waals surface area contributed by atoms with Gasteiger partial charge in [-0.1, -0.05) is 358 Å². The van der Waals surface area contributed by atoms with Crippen LogP contribution in [0.25, 0.3) is 118 Å². The number of rotatable bonds is 0. The molecule has 0 saturated heterocycles. The lowest BCUT2D eigenvalue weighted by molar-refractivity contribution is 1.47. The van der Waals surface area contributed by atoms with Gasteiger partial charge in [0, 0.05) is 0 Å². The fourth-order valence-corrected chi connectivity index (χ4v) is 12.7. The Morgan fingerprint density at radius 2 is 0.406 bits per heavy atom. The zero-order valence-electron chi connectivity index (χ0n) is 63.9. The predicted molar refractivity (Wildman–Crippen MR) is 445 cm³/mol. The average molecular weight is 1270 g/mol. The van der Waals surface area contributed by atoms with Gasteiger partial charge in [0.05, 0.1) is 0 Å². The minimum atomic E-state index is 1.33. The molecule has 0 N–H and O–H groups in total. The van der Waals surface area contributed by atoms with E-state index in [1.54, 1.807) is 0 Å². The third kappa shape index (κ3) is 18.5. The van der Waals surface area contributed by atoms with Gasteiger partial charge in [0.15, 0.2) is 0 Å². The van der Waals surface area contributed by atoms with Crippen molar-refractivity contribution >= 4 is 118 Å². The molecule has 16 aromatic rings. The van der Waals surface area contributed by atoms with Crippen molar-refractivity contribution in [3.05, 3.63) is 286 Å². The molecule has 0 heteroatoms. The Balaban J connectivity index is 0.000000245. The molecule has 0 fully saturated rings. The van der Waals surface area contributed by atoms with Crippen molar-refractivity contribution < 1.29 is 0 Å². The van der Waals surface area contributed by atoms with Gasteiger partial charge in [0.2, 0.25) is 0 Å². The summed E-state index contributed by atoms with van der Waals surface area (Å²) in [4.78, 5) is 0. The van der Waals surface area contributed by atoms with Crippen molar-refractivity contribution in [3.8, 4) is 0 Å². The summed E-state index contributed by atoms with van der Waals surface area (Å²) in [5, 5.41) is 30.1. The van der Waals surface area contributed by atoms with Crippen LogP contribution in [0.4, 0.5) is 0 Å². The summed E-state index contributed by atoms with van der Waals surface area (Å²) in [6.07, 6.45) is 0. The molecule has 0 radical (unpaired) electrons. The first-order valence-corrected chi connectivity index (χ1v) is 36.3. The second-order valence-electron chi connectivity index (χ2n) is 22.7. The molecule has 0 spiro atoms. The average Bonchev–Trinajstić information content (AvgIpc) is 0.751. The van der Waals surface area contributed by atoms with Crippen molar-refractivity contribution in [2.45, 2.75) is 180 Å². The lowest BCUT2D eigenvalue weighted by Gasteiger charge is -2.14. The highest BCUT2D eigenvalue weighted by Crippen LogP contribution is 2.39. The van der Waals surface area contributed by atoms with Crippen LogP contribution >= 0.6 is 0 Å². The molecule has 0 aliphatic rings. The summed E-state index contributed by atoms with van der Waals surface area (Å²) in [5.74, 6) is 0. The maximum absolute atomic E-state index is 2.33. The Hall–Kier alpha value is -9.10. The summed E-state index contributed by atoms with van der Waals surface area (Å²) in [6.45, 7) is 53.7. The van der Waals surface area contributed by atoms with Crippen LogP contribution < -0.4 is 0 Å². The van der Waals surface area contributed by atoms with Crippen molar-refractivity contribution in [2.75, 3.05) is 0 Å². The molecule has 0 heterocycles. The number of hydrogen-bond donors (Lipinski definition) is 0. The van der Waals surface area contributed by atoms with E-state index in [0.29, 0.717) is 0 Å². The van der Waals surface area contributed by atoms with Gasteiger partial charge in [-0.15, -0.1) is 0 Å². The van der Waals surface area contributed by atoms with Crippen LogP contribution in [0.5, 0.6) is 0 Å². The maximum Gasteiger partial charge on any atom is -0.00239 e. The number of hydrogen-bond acceptors (Lipinski definition) is 0. The fraction of sp³-hybridized carbons (Fsp3) is 0.271. The smallest absolute Gasteiger partial charge is 0.00239 e. The molecule has 0 unspecified atom stereocenters. The first kappa shape index (κ1) is 79.3. The molecular formula is C96H116. The van der Waals surface area contributed by atoms with Crippen LogP contribution in [0.15, 0.2) is 231 Å². The van der Waals surface area contributed by atoms with Gasteiger partial charge in [-0.2, -0.15) is 0 Å². The van der Waals surface area contributed by atoms with Gasteiger partial charge in [-0.05, 0) is 227 Å². The highest BCUT2D eigenvalue weighted by Gasteiger charge is 2.13. The molecule has 0 aromatic heterocycles. The van der Waals surface area contributed by atoms with E-state index < -0.39 is 0 Å². The number of benzene rings is 16. The largest absolute Gasteiger partial charge is 0.0683 e. The van der Waals surface area contributed by atoms with Gasteiger partial charge >= 0.3 is 0 Å². The highest BCUT2D eigenvalue weighted by atomic mass is 14.2. The normalized spacial score (nSPS) is 9.98. The standard InChI is InChI=1S/C20H16.2C18H14.2C12H12.8C2H6/c1-13-11-19-18-10-6-4-8-16(18)14(2)12-20(19)17-9-5-3-7-15(13)17;1-11-9-13-5-4-8-16-12(2)10-14-6-3-7-15(11)17(14)18(13)16;1-11-7-13-3-5-15-9-12(2)10-16-6-4-14(8-11)17(13)18(15)16;1-9-3-5-11-6-4-10(2)8-12(11)7-9;1-9-6-7-12-10(2)4-3-5-11(12)8-9;8*1-2/h3-12H,1-2H3;2*3-10H,1-2H3;2*3-8H,1-2H3;8*1-2H3. The first-order chi connectivity index (χ1) is 46.8.